The molecular formula is C18H25F2NO5. The summed E-state index contributed by atoms with van der Waals surface area (Å²) in [5.41, 5.74) is -1.12. The SMILES string of the molecule is CCOc1ccccc1C(F)(F)C(=O)NC(CCOC(C)(C)C)C(=O)O. The molecule has 1 unspecified atom stereocenters. The Hall–Kier alpha value is -2.22. The van der Waals surface area contributed by atoms with Gasteiger partial charge in [0.05, 0.1) is 17.8 Å². The fraction of sp³-hybridized carbons (Fsp3) is 0.556. The Bertz CT molecular complexity index is 628. The van der Waals surface area contributed by atoms with Gasteiger partial charge in [-0.1, -0.05) is 12.1 Å². The number of carbonyl (C=O) groups is 2. The monoisotopic (exact) mass is 373 g/mol. The highest BCUT2D eigenvalue weighted by atomic mass is 19.3. The van der Waals surface area contributed by atoms with Crippen molar-refractivity contribution in [2.75, 3.05) is 13.2 Å². The van der Waals surface area contributed by atoms with E-state index in [0.717, 1.165) is 6.07 Å². The topological polar surface area (TPSA) is 84.9 Å². The number of carboxylic acids is 1. The van der Waals surface area contributed by atoms with Crippen LogP contribution in [0.2, 0.25) is 0 Å². The van der Waals surface area contributed by atoms with E-state index in [2.05, 4.69) is 0 Å². The van der Waals surface area contributed by atoms with E-state index in [9.17, 15) is 23.5 Å². The predicted molar refractivity (Wildman–Crippen MR) is 91.4 cm³/mol. The van der Waals surface area contributed by atoms with Crippen molar-refractivity contribution < 1.29 is 33.0 Å². The van der Waals surface area contributed by atoms with E-state index in [4.69, 9.17) is 9.47 Å². The van der Waals surface area contributed by atoms with E-state index in [0.29, 0.717) is 0 Å². The number of amides is 1. The van der Waals surface area contributed by atoms with Gasteiger partial charge < -0.3 is 19.9 Å². The lowest BCUT2D eigenvalue weighted by atomic mass is 10.1. The number of benzene rings is 1. The molecule has 0 saturated carbocycles. The summed E-state index contributed by atoms with van der Waals surface area (Å²) in [7, 11) is 0. The lowest BCUT2D eigenvalue weighted by Gasteiger charge is -2.23. The number of carbonyl (C=O) groups excluding carboxylic acids is 1. The van der Waals surface area contributed by atoms with Crippen molar-refractivity contribution in [1.82, 2.24) is 5.32 Å². The normalized spacial score (nSPS) is 13.2. The van der Waals surface area contributed by atoms with Crippen molar-refractivity contribution in [3.63, 3.8) is 0 Å². The highest BCUT2D eigenvalue weighted by Crippen LogP contribution is 2.35. The molecule has 0 spiro atoms. The number of aliphatic carboxylic acids is 1. The van der Waals surface area contributed by atoms with Crippen molar-refractivity contribution in [2.24, 2.45) is 0 Å². The van der Waals surface area contributed by atoms with Crippen molar-refractivity contribution in [2.45, 2.75) is 51.7 Å². The summed E-state index contributed by atoms with van der Waals surface area (Å²) in [6.07, 6.45) is -0.137. The number of rotatable bonds is 9. The third-order valence-electron chi connectivity index (χ3n) is 3.36. The number of para-hydroxylation sites is 1. The third-order valence-corrected chi connectivity index (χ3v) is 3.36. The van der Waals surface area contributed by atoms with E-state index in [1.165, 1.54) is 18.2 Å². The van der Waals surface area contributed by atoms with E-state index in [-0.39, 0.29) is 25.4 Å². The minimum atomic E-state index is -3.94. The van der Waals surface area contributed by atoms with Gasteiger partial charge in [0.15, 0.2) is 0 Å². The Morgan fingerprint density at radius 1 is 1.23 bits per heavy atom. The highest BCUT2D eigenvalue weighted by Gasteiger charge is 2.44. The molecule has 1 amide bonds. The van der Waals surface area contributed by atoms with Crippen molar-refractivity contribution >= 4 is 11.9 Å². The van der Waals surface area contributed by atoms with Crippen LogP contribution in [-0.4, -0.2) is 41.8 Å². The molecule has 0 bridgehead atoms. The van der Waals surface area contributed by atoms with Crippen LogP contribution in [0.4, 0.5) is 8.78 Å². The van der Waals surface area contributed by atoms with Crippen LogP contribution >= 0.6 is 0 Å². The average molecular weight is 373 g/mol. The molecule has 1 rings (SSSR count). The summed E-state index contributed by atoms with van der Waals surface area (Å²) in [4.78, 5) is 23.4. The van der Waals surface area contributed by atoms with Crippen molar-refractivity contribution in [1.29, 1.82) is 0 Å². The summed E-state index contributed by atoms with van der Waals surface area (Å²) in [5.74, 6) is -7.18. The largest absolute Gasteiger partial charge is 0.493 e. The molecule has 26 heavy (non-hydrogen) atoms. The second kappa shape index (κ2) is 8.93. The first kappa shape index (κ1) is 21.8. The molecule has 0 heterocycles. The number of alkyl halides is 2. The maximum Gasteiger partial charge on any atom is 0.353 e. The smallest absolute Gasteiger partial charge is 0.353 e. The first-order valence-electron chi connectivity index (χ1n) is 8.27. The second-order valence-electron chi connectivity index (χ2n) is 6.62. The minimum Gasteiger partial charge on any atom is -0.493 e. The van der Waals surface area contributed by atoms with E-state index in [1.807, 2.05) is 5.32 Å². The number of halogens is 2. The maximum atomic E-state index is 14.6. The molecule has 8 heteroatoms. The predicted octanol–water partition coefficient (Wildman–Crippen LogP) is 2.95. The molecule has 1 aromatic carbocycles. The fourth-order valence-corrected chi connectivity index (χ4v) is 2.12. The summed E-state index contributed by atoms with van der Waals surface area (Å²) in [6, 6.07) is 3.77. The fourth-order valence-electron chi connectivity index (χ4n) is 2.12. The third kappa shape index (κ3) is 6.25. The van der Waals surface area contributed by atoms with Gasteiger partial charge in [-0.15, -0.1) is 0 Å². The molecular weight excluding hydrogens is 348 g/mol. The Morgan fingerprint density at radius 2 is 1.85 bits per heavy atom. The van der Waals surface area contributed by atoms with Crippen LogP contribution < -0.4 is 10.1 Å². The van der Waals surface area contributed by atoms with Crippen LogP contribution in [0.1, 0.15) is 39.7 Å². The zero-order chi connectivity index (χ0) is 20.0. The van der Waals surface area contributed by atoms with E-state index < -0.39 is 35.0 Å². The molecule has 6 nitrogen and oxygen atoms in total. The molecule has 1 aromatic rings. The van der Waals surface area contributed by atoms with Crippen LogP contribution in [0, 0.1) is 0 Å². The zero-order valence-electron chi connectivity index (χ0n) is 15.3. The number of ether oxygens (including phenoxy) is 2. The molecule has 0 aromatic heterocycles. The Labute approximate surface area is 151 Å². The second-order valence-corrected chi connectivity index (χ2v) is 6.62. The molecule has 0 aliphatic heterocycles. The lowest BCUT2D eigenvalue weighted by molar-refractivity contribution is -0.153. The van der Waals surface area contributed by atoms with Gasteiger partial charge in [0, 0.05) is 13.0 Å². The van der Waals surface area contributed by atoms with Crippen molar-refractivity contribution in [3.8, 4) is 5.75 Å². The van der Waals surface area contributed by atoms with Crippen LogP contribution in [0.25, 0.3) is 0 Å². The summed E-state index contributed by atoms with van der Waals surface area (Å²) < 4.78 is 39.6. The average Bonchev–Trinajstić information content (AvgIpc) is 2.53. The molecule has 146 valence electrons. The van der Waals surface area contributed by atoms with Gasteiger partial charge in [0.25, 0.3) is 5.91 Å². The summed E-state index contributed by atoms with van der Waals surface area (Å²) in [5, 5.41) is 11.1. The summed E-state index contributed by atoms with van der Waals surface area (Å²) >= 11 is 0. The molecule has 1 atom stereocenters. The highest BCUT2D eigenvalue weighted by molar-refractivity contribution is 5.89. The van der Waals surface area contributed by atoms with E-state index in [1.54, 1.807) is 27.7 Å². The van der Waals surface area contributed by atoms with Gasteiger partial charge in [0.2, 0.25) is 0 Å². The molecule has 0 saturated heterocycles. The number of nitrogens with one attached hydrogen (secondary N) is 1. The van der Waals surface area contributed by atoms with Crippen LogP contribution in [0.5, 0.6) is 5.75 Å². The first-order chi connectivity index (χ1) is 12.0. The molecule has 0 fully saturated rings. The van der Waals surface area contributed by atoms with Gasteiger partial charge in [-0.05, 0) is 39.8 Å². The number of hydrogen-bond donors (Lipinski definition) is 2. The van der Waals surface area contributed by atoms with Crippen LogP contribution in [-0.2, 0) is 20.2 Å². The Kier molecular flexibility index (Phi) is 7.50. The molecule has 2 N–H and O–H groups in total. The number of hydrogen-bond acceptors (Lipinski definition) is 4. The standard InChI is InChI=1S/C18H25F2NO5/c1-5-25-14-9-7-6-8-12(14)18(19,20)16(24)21-13(15(22)23)10-11-26-17(2,3)4/h6-9,13H,5,10-11H2,1-4H3,(H,21,24)(H,22,23). The summed E-state index contributed by atoms with van der Waals surface area (Å²) in [6.45, 7) is 7.11. The van der Waals surface area contributed by atoms with Gasteiger partial charge in [0.1, 0.15) is 11.8 Å². The van der Waals surface area contributed by atoms with Crippen LogP contribution in [0.15, 0.2) is 24.3 Å². The Balaban J connectivity index is 2.89. The van der Waals surface area contributed by atoms with E-state index >= 15 is 0 Å². The minimum absolute atomic E-state index is 0.00184. The zero-order valence-corrected chi connectivity index (χ0v) is 15.3. The van der Waals surface area contributed by atoms with Gasteiger partial charge in [-0.25, -0.2) is 4.79 Å². The molecule has 0 radical (unpaired) electrons. The lowest BCUT2D eigenvalue weighted by Crippen LogP contribution is -2.48. The van der Waals surface area contributed by atoms with Gasteiger partial charge in [-0.2, -0.15) is 8.78 Å². The van der Waals surface area contributed by atoms with Crippen LogP contribution in [0.3, 0.4) is 0 Å². The van der Waals surface area contributed by atoms with Gasteiger partial charge >= 0.3 is 11.9 Å². The maximum absolute atomic E-state index is 14.6. The molecule has 0 aliphatic carbocycles. The molecule has 0 aliphatic rings. The first-order valence-corrected chi connectivity index (χ1v) is 8.27. The van der Waals surface area contributed by atoms with Crippen molar-refractivity contribution in [3.05, 3.63) is 29.8 Å². The van der Waals surface area contributed by atoms with Gasteiger partial charge in [-0.3, -0.25) is 4.79 Å². The quantitative estimate of drug-likeness (QED) is 0.695. The number of carboxylic acid groups (broad SMARTS) is 1. The Morgan fingerprint density at radius 3 is 2.38 bits per heavy atom.